The summed E-state index contributed by atoms with van der Waals surface area (Å²) in [6.07, 6.45) is 4.46. The molecule has 1 unspecified atom stereocenters. The van der Waals surface area contributed by atoms with Crippen molar-refractivity contribution in [3.05, 3.63) is 34.6 Å². The number of morpholine rings is 1. The van der Waals surface area contributed by atoms with Crippen LogP contribution in [0.5, 0.6) is 0 Å². The zero-order valence-corrected chi connectivity index (χ0v) is 16.7. The summed E-state index contributed by atoms with van der Waals surface area (Å²) in [5.41, 5.74) is 5.54. The first-order valence-electron chi connectivity index (χ1n) is 10.1. The van der Waals surface area contributed by atoms with Crippen LogP contribution in [0.15, 0.2) is 16.7 Å². The van der Waals surface area contributed by atoms with Crippen LogP contribution in [-0.2, 0) is 16.0 Å². The zero-order valence-electron chi connectivity index (χ0n) is 16.7. The lowest BCUT2D eigenvalue weighted by molar-refractivity contribution is -0.133. The molecule has 0 N–H and O–H groups in total. The molecule has 4 rings (SSSR count). The molecule has 2 aromatic rings. The quantitative estimate of drug-likeness (QED) is 0.832. The molecule has 1 aromatic carbocycles. The highest BCUT2D eigenvalue weighted by molar-refractivity contribution is 5.92. The topological polar surface area (TPSA) is 45.9 Å². The Kier molecular flexibility index (Phi) is 5.24. The molecule has 3 heterocycles. The number of carbonyl (C=O) groups is 1. The Morgan fingerprint density at radius 1 is 1.15 bits per heavy atom. The van der Waals surface area contributed by atoms with Crippen molar-refractivity contribution in [1.29, 1.82) is 0 Å². The van der Waals surface area contributed by atoms with Gasteiger partial charge >= 0.3 is 0 Å². The number of piperidine rings is 1. The van der Waals surface area contributed by atoms with Crippen molar-refractivity contribution >= 4 is 16.9 Å². The first-order chi connectivity index (χ1) is 13.0. The molecule has 0 bridgehead atoms. The average molecular weight is 370 g/mol. The van der Waals surface area contributed by atoms with E-state index in [1.807, 2.05) is 0 Å². The van der Waals surface area contributed by atoms with Crippen LogP contribution >= 0.6 is 0 Å². The zero-order chi connectivity index (χ0) is 19.0. The Hall–Kier alpha value is -1.85. The first kappa shape index (κ1) is 18.5. The maximum atomic E-state index is 13.0. The number of ether oxygens (including phenoxy) is 1. The molecule has 5 nitrogen and oxygen atoms in total. The molecule has 0 aliphatic carbocycles. The predicted octanol–water partition coefficient (Wildman–Crippen LogP) is 3.22. The number of benzene rings is 1. The Bertz CT molecular complexity index is 836. The van der Waals surface area contributed by atoms with Crippen molar-refractivity contribution in [2.24, 2.45) is 0 Å². The van der Waals surface area contributed by atoms with Crippen LogP contribution < -0.4 is 0 Å². The van der Waals surface area contributed by atoms with Gasteiger partial charge < -0.3 is 14.1 Å². The summed E-state index contributed by atoms with van der Waals surface area (Å²) in [5.74, 6) is 0.216. The summed E-state index contributed by atoms with van der Waals surface area (Å²) in [6, 6.07) is 2.66. The van der Waals surface area contributed by atoms with Gasteiger partial charge in [0.25, 0.3) is 0 Å². The van der Waals surface area contributed by atoms with Crippen LogP contribution in [0.4, 0.5) is 0 Å². The highest BCUT2D eigenvalue weighted by atomic mass is 16.5. The molecule has 2 saturated heterocycles. The van der Waals surface area contributed by atoms with E-state index in [0.29, 0.717) is 12.5 Å². The number of hydrogen-bond acceptors (Lipinski definition) is 4. The minimum absolute atomic E-state index is 0.216. The van der Waals surface area contributed by atoms with Crippen LogP contribution in [0, 0.1) is 20.8 Å². The first-order valence-corrected chi connectivity index (χ1v) is 10.1. The number of fused-ring (bicyclic) bond motifs is 1. The molecule has 1 amide bonds. The fourth-order valence-electron chi connectivity index (χ4n) is 4.61. The van der Waals surface area contributed by atoms with Crippen LogP contribution in [0.2, 0.25) is 0 Å². The summed E-state index contributed by atoms with van der Waals surface area (Å²) in [6.45, 7) is 11.6. The van der Waals surface area contributed by atoms with Gasteiger partial charge in [-0.3, -0.25) is 9.69 Å². The second kappa shape index (κ2) is 7.64. The maximum absolute atomic E-state index is 13.0. The second-order valence-corrected chi connectivity index (χ2v) is 8.06. The standard InChI is InChI=1S/C22H30N2O3/c1-15-11-16(2)21-18(14-27-22(21)17(15)3)12-20(25)24-6-4-5-19(13-24)23-7-9-26-10-8-23/h11,14,19H,4-10,12-13H2,1-3H3. The van der Waals surface area contributed by atoms with Crippen molar-refractivity contribution < 1.29 is 13.9 Å². The predicted molar refractivity (Wildman–Crippen MR) is 106 cm³/mol. The van der Waals surface area contributed by atoms with E-state index in [4.69, 9.17) is 9.15 Å². The largest absolute Gasteiger partial charge is 0.464 e. The van der Waals surface area contributed by atoms with Crippen molar-refractivity contribution in [1.82, 2.24) is 9.80 Å². The van der Waals surface area contributed by atoms with E-state index >= 15 is 0 Å². The lowest BCUT2D eigenvalue weighted by atomic mass is 9.98. The van der Waals surface area contributed by atoms with Crippen LogP contribution in [0.3, 0.4) is 0 Å². The van der Waals surface area contributed by atoms with E-state index in [0.717, 1.165) is 62.3 Å². The van der Waals surface area contributed by atoms with Crippen molar-refractivity contribution in [3.63, 3.8) is 0 Å². The highest BCUT2D eigenvalue weighted by Gasteiger charge is 2.29. The summed E-state index contributed by atoms with van der Waals surface area (Å²) >= 11 is 0. The molecular weight excluding hydrogens is 340 g/mol. The second-order valence-electron chi connectivity index (χ2n) is 8.06. The lowest BCUT2D eigenvalue weighted by Crippen LogP contribution is -2.53. The van der Waals surface area contributed by atoms with Crippen LogP contribution in [0.25, 0.3) is 11.0 Å². The summed E-state index contributed by atoms with van der Waals surface area (Å²) in [7, 11) is 0. The highest BCUT2D eigenvalue weighted by Crippen LogP contribution is 2.30. The van der Waals surface area contributed by atoms with Gasteiger partial charge in [0.05, 0.1) is 25.9 Å². The Morgan fingerprint density at radius 2 is 1.93 bits per heavy atom. The third-order valence-electron chi connectivity index (χ3n) is 6.28. The molecule has 146 valence electrons. The molecule has 0 saturated carbocycles. The van der Waals surface area contributed by atoms with E-state index in [1.165, 1.54) is 23.1 Å². The number of aryl methyl sites for hydroxylation is 3. The Morgan fingerprint density at radius 3 is 2.70 bits per heavy atom. The molecular formula is C22H30N2O3. The van der Waals surface area contributed by atoms with Crippen LogP contribution in [-0.4, -0.2) is 61.1 Å². The smallest absolute Gasteiger partial charge is 0.227 e. The summed E-state index contributed by atoms with van der Waals surface area (Å²) < 4.78 is 11.3. The normalized spacial score (nSPS) is 21.7. The van der Waals surface area contributed by atoms with Gasteiger partial charge in [-0.15, -0.1) is 0 Å². The van der Waals surface area contributed by atoms with Gasteiger partial charge in [0.2, 0.25) is 5.91 Å². The maximum Gasteiger partial charge on any atom is 0.227 e. The average Bonchev–Trinajstić information content (AvgIpc) is 3.11. The fraction of sp³-hybridized carbons (Fsp3) is 0.591. The van der Waals surface area contributed by atoms with Gasteiger partial charge in [0, 0.05) is 43.2 Å². The number of nitrogens with zero attached hydrogens (tertiary/aromatic N) is 2. The third kappa shape index (κ3) is 3.63. The number of likely N-dealkylation sites (tertiary alicyclic amines) is 1. The van der Waals surface area contributed by atoms with Crippen LogP contribution in [0.1, 0.15) is 35.1 Å². The monoisotopic (exact) mass is 370 g/mol. The van der Waals surface area contributed by atoms with E-state index in [-0.39, 0.29) is 5.91 Å². The molecule has 1 aromatic heterocycles. The minimum Gasteiger partial charge on any atom is -0.464 e. The molecule has 27 heavy (non-hydrogen) atoms. The number of hydrogen-bond donors (Lipinski definition) is 0. The number of rotatable bonds is 3. The van der Waals surface area contributed by atoms with Crippen molar-refractivity contribution in [3.8, 4) is 0 Å². The summed E-state index contributed by atoms with van der Waals surface area (Å²) in [5, 5.41) is 1.12. The Balaban J connectivity index is 1.49. The molecule has 2 fully saturated rings. The third-order valence-corrected chi connectivity index (χ3v) is 6.28. The molecule has 2 aliphatic rings. The van der Waals surface area contributed by atoms with Crippen molar-refractivity contribution in [2.75, 3.05) is 39.4 Å². The number of carbonyl (C=O) groups excluding carboxylic acids is 1. The Labute approximate surface area is 161 Å². The molecule has 0 spiro atoms. The van der Waals surface area contributed by atoms with Crippen molar-refractivity contribution in [2.45, 2.75) is 46.1 Å². The SMILES string of the molecule is Cc1cc(C)c2c(CC(=O)N3CCCC(N4CCOCC4)C3)coc2c1C. The van der Waals surface area contributed by atoms with E-state index in [2.05, 4.69) is 36.6 Å². The van der Waals surface area contributed by atoms with Gasteiger partial charge in [0.15, 0.2) is 0 Å². The number of furan rings is 1. The van der Waals surface area contributed by atoms with E-state index in [9.17, 15) is 4.79 Å². The lowest BCUT2D eigenvalue weighted by Gasteiger charge is -2.40. The van der Waals surface area contributed by atoms with E-state index < -0.39 is 0 Å². The van der Waals surface area contributed by atoms with Gasteiger partial charge in [-0.05, 0) is 50.3 Å². The summed E-state index contributed by atoms with van der Waals surface area (Å²) in [4.78, 5) is 17.6. The minimum atomic E-state index is 0.216. The number of amides is 1. The van der Waals surface area contributed by atoms with E-state index in [1.54, 1.807) is 6.26 Å². The van der Waals surface area contributed by atoms with Gasteiger partial charge in [-0.1, -0.05) is 6.07 Å². The molecule has 0 radical (unpaired) electrons. The van der Waals surface area contributed by atoms with Gasteiger partial charge in [-0.25, -0.2) is 0 Å². The fourth-order valence-corrected chi connectivity index (χ4v) is 4.61. The van der Waals surface area contributed by atoms with Gasteiger partial charge in [0.1, 0.15) is 5.58 Å². The molecule has 1 atom stereocenters. The molecule has 2 aliphatic heterocycles. The van der Waals surface area contributed by atoms with Gasteiger partial charge in [-0.2, -0.15) is 0 Å². The molecule has 5 heteroatoms.